The van der Waals surface area contributed by atoms with Crippen molar-refractivity contribution in [3.63, 3.8) is 0 Å². The van der Waals surface area contributed by atoms with Crippen molar-refractivity contribution >= 4 is 29.2 Å². The van der Waals surface area contributed by atoms with Crippen LogP contribution < -0.4 is 10.1 Å². The number of halogens is 1. The average Bonchev–Trinajstić information content (AvgIpc) is 2.30. The van der Waals surface area contributed by atoms with Crippen molar-refractivity contribution in [2.24, 2.45) is 0 Å². The summed E-state index contributed by atoms with van der Waals surface area (Å²) in [7, 11) is 0. The Morgan fingerprint density at radius 3 is 2.72 bits per heavy atom. The van der Waals surface area contributed by atoms with Crippen LogP contribution in [0.1, 0.15) is 6.92 Å². The first-order chi connectivity index (χ1) is 8.52. The largest absolute Gasteiger partial charge is 0.492 e. The maximum absolute atomic E-state index is 11.3. The van der Waals surface area contributed by atoms with Crippen molar-refractivity contribution in [3.8, 4) is 5.75 Å². The molecular formula is C12H12ClNO4. The van der Waals surface area contributed by atoms with Gasteiger partial charge in [0.15, 0.2) is 0 Å². The summed E-state index contributed by atoms with van der Waals surface area (Å²) in [4.78, 5) is 21.5. The van der Waals surface area contributed by atoms with E-state index in [-0.39, 0.29) is 0 Å². The zero-order valence-electron chi connectivity index (χ0n) is 9.64. The third-order valence-corrected chi connectivity index (χ3v) is 2.17. The number of aliphatic carboxylic acids is 1. The smallest absolute Gasteiger partial charge is 0.328 e. The first kappa shape index (κ1) is 14.1. The van der Waals surface area contributed by atoms with Gasteiger partial charge in [0.05, 0.1) is 11.6 Å². The molecule has 5 nitrogen and oxygen atoms in total. The molecule has 0 radical (unpaired) electrons. The summed E-state index contributed by atoms with van der Waals surface area (Å²) >= 11 is 5.93. The van der Waals surface area contributed by atoms with Crippen LogP contribution in [0.25, 0.3) is 0 Å². The van der Waals surface area contributed by atoms with Gasteiger partial charge in [0, 0.05) is 17.8 Å². The van der Waals surface area contributed by atoms with E-state index in [0.29, 0.717) is 23.1 Å². The van der Waals surface area contributed by atoms with Gasteiger partial charge in [-0.25, -0.2) is 4.79 Å². The summed E-state index contributed by atoms with van der Waals surface area (Å²) in [6, 6.07) is 4.77. The maximum atomic E-state index is 11.3. The van der Waals surface area contributed by atoms with Crippen molar-refractivity contribution in [2.75, 3.05) is 11.9 Å². The van der Waals surface area contributed by atoms with Crippen molar-refractivity contribution in [1.82, 2.24) is 0 Å². The van der Waals surface area contributed by atoms with Gasteiger partial charge in [-0.3, -0.25) is 4.79 Å². The molecule has 0 bridgehead atoms. The van der Waals surface area contributed by atoms with Crippen LogP contribution in [-0.2, 0) is 9.59 Å². The van der Waals surface area contributed by atoms with Crippen molar-refractivity contribution in [3.05, 3.63) is 35.4 Å². The molecule has 0 aromatic heterocycles. The molecule has 0 aliphatic heterocycles. The van der Waals surface area contributed by atoms with Crippen molar-refractivity contribution < 1.29 is 19.4 Å². The highest BCUT2D eigenvalue weighted by molar-refractivity contribution is 6.32. The zero-order valence-corrected chi connectivity index (χ0v) is 10.4. The van der Waals surface area contributed by atoms with Crippen LogP contribution >= 0.6 is 11.6 Å². The summed E-state index contributed by atoms with van der Waals surface area (Å²) in [5, 5.41) is 11.2. The fraction of sp³-hybridized carbons (Fsp3) is 0.167. The minimum Gasteiger partial charge on any atom is -0.492 e. The van der Waals surface area contributed by atoms with Gasteiger partial charge in [0.1, 0.15) is 5.75 Å². The molecule has 0 saturated heterocycles. The number of anilines is 1. The number of amides is 1. The molecule has 1 aromatic rings. The highest BCUT2D eigenvalue weighted by Gasteiger charge is 2.04. The van der Waals surface area contributed by atoms with Crippen molar-refractivity contribution in [2.45, 2.75) is 6.92 Å². The summed E-state index contributed by atoms with van der Waals surface area (Å²) in [6.45, 7) is 2.33. The fourth-order valence-corrected chi connectivity index (χ4v) is 1.42. The lowest BCUT2D eigenvalue weighted by Crippen LogP contribution is -2.08. The normalized spacial score (nSPS) is 10.3. The van der Waals surface area contributed by atoms with Crippen LogP contribution in [0.5, 0.6) is 5.75 Å². The second-order valence-corrected chi connectivity index (χ2v) is 3.65. The molecule has 96 valence electrons. The lowest BCUT2D eigenvalue weighted by Gasteiger charge is -2.07. The summed E-state index contributed by atoms with van der Waals surface area (Å²) in [6.07, 6.45) is 1.68. The van der Waals surface area contributed by atoms with Gasteiger partial charge in [0.2, 0.25) is 5.91 Å². The molecule has 0 atom stereocenters. The molecule has 1 aromatic carbocycles. The lowest BCUT2D eigenvalue weighted by molar-refractivity contribution is -0.131. The van der Waals surface area contributed by atoms with E-state index in [1.807, 2.05) is 6.92 Å². The van der Waals surface area contributed by atoms with Crippen molar-refractivity contribution in [1.29, 1.82) is 0 Å². The third kappa shape index (κ3) is 4.47. The van der Waals surface area contributed by atoms with E-state index in [1.165, 1.54) is 6.07 Å². The Labute approximate surface area is 109 Å². The van der Waals surface area contributed by atoms with E-state index < -0.39 is 11.9 Å². The number of carbonyl (C=O) groups excluding carboxylic acids is 1. The molecule has 0 heterocycles. The van der Waals surface area contributed by atoms with E-state index >= 15 is 0 Å². The van der Waals surface area contributed by atoms with Crippen LogP contribution in [0.2, 0.25) is 5.02 Å². The van der Waals surface area contributed by atoms with E-state index in [4.69, 9.17) is 21.4 Å². The first-order valence-corrected chi connectivity index (χ1v) is 5.55. The second-order valence-electron chi connectivity index (χ2n) is 3.24. The monoisotopic (exact) mass is 269 g/mol. The van der Waals surface area contributed by atoms with Gasteiger partial charge < -0.3 is 15.2 Å². The molecule has 0 aliphatic rings. The summed E-state index contributed by atoms with van der Waals surface area (Å²) in [5.41, 5.74) is 0.462. The Hall–Kier alpha value is -2.01. The number of hydrogen-bond acceptors (Lipinski definition) is 3. The maximum Gasteiger partial charge on any atom is 0.328 e. The average molecular weight is 270 g/mol. The van der Waals surface area contributed by atoms with Gasteiger partial charge >= 0.3 is 5.97 Å². The van der Waals surface area contributed by atoms with Crippen LogP contribution in [0.4, 0.5) is 5.69 Å². The molecular weight excluding hydrogens is 258 g/mol. The minimum absolute atomic E-state index is 0.372. The fourth-order valence-electron chi connectivity index (χ4n) is 1.18. The molecule has 6 heteroatoms. The van der Waals surface area contributed by atoms with Crippen LogP contribution in [0, 0.1) is 0 Å². The highest BCUT2D eigenvalue weighted by atomic mass is 35.5. The molecule has 1 amide bonds. The first-order valence-electron chi connectivity index (χ1n) is 5.17. The predicted octanol–water partition coefficient (Wildman–Crippen LogP) is 2.32. The zero-order chi connectivity index (χ0) is 13.5. The van der Waals surface area contributed by atoms with Gasteiger partial charge in [-0.1, -0.05) is 11.6 Å². The van der Waals surface area contributed by atoms with Gasteiger partial charge in [0.25, 0.3) is 0 Å². The van der Waals surface area contributed by atoms with Gasteiger partial charge in [-0.15, -0.1) is 0 Å². The molecule has 2 N–H and O–H groups in total. The van der Waals surface area contributed by atoms with E-state index in [2.05, 4.69) is 5.32 Å². The molecule has 0 aliphatic carbocycles. The minimum atomic E-state index is -1.19. The number of hydrogen-bond donors (Lipinski definition) is 2. The van der Waals surface area contributed by atoms with E-state index in [9.17, 15) is 9.59 Å². The molecule has 18 heavy (non-hydrogen) atoms. The van der Waals surface area contributed by atoms with Crippen LogP contribution in [0.15, 0.2) is 30.4 Å². The third-order valence-electron chi connectivity index (χ3n) is 1.88. The second kappa shape index (κ2) is 6.66. The van der Waals surface area contributed by atoms with E-state index in [0.717, 1.165) is 12.2 Å². The number of benzene rings is 1. The lowest BCUT2D eigenvalue weighted by atomic mass is 10.3. The number of carbonyl (C=O) groups is 2. The molecule has 0 fully saturated rings. The van der Waals surface area contributed by atoms with Crippen LogP contribution in [0.3, 0.4) is 0 Å². The topological polar surface area (TPSA) is 75.6 Å². The number of nitrogens with one attached hydrogen (secondary N) is 1. The number of carboxylic acids is 1. The summed E-state index contributed by atoms with van der Waals surface area (Å²) < 4.78 is 5.24. The Kier molecular flexibility index (Phi) is 5.20. The predicted molar refractivity (Wildman–Crippen MR) is 68.0 cm³/mol. The molecule has 0 unspecified atom stereocenters. The van der Waals surface area contributed by atoms with Gasteiger partial charge in [-0.2, -0.15) is 0 Å². The van der Waals surface area contributed by atoms with Gasteiger partial charge in [-0.05, 0) is 25.1 Å². The standard InChI is InChI=1S/C12H12ClNO4/c1-2-18-10-4-3-8(7-9(10)13)14-11(15)5-6-12(16)17/h3-7H,2H2,1H3,(H,14,15)(H,16,17)/b6-5+. The Morgan fingerprint density at radius 2 is 2.17 bits per heavy atom. The van der Waals surface area contributed by atoms with Crippen LogP contribution in [-0.4, -0.2) is 23.6 Å². The number of ether oxygens (including phenoxy) is 1. The Morgan fingerprint density at radius 1 is 1.44 bits per heavy atom. The van der Waals surface area contributed by atoms with E-state index in [1.54, 1.807) is 12.1 Å². The number of rotatable bonds is 5. The molecule has 1 rings (SSSR count). The number of carboxylic acid groups (broad SMARTS) is 1. The Bertz CT molecular complexity index is 485. The Balaban J connectivity index is 2.71. The molecule has 0 spiro atoms. The molecule has 0 saturated carbocycles. The highest BCUT2D eigenvalue weighted by Crippen LogP contribution is 2.27. The quantitative estimate of drug-likeness (QED) is 0.805. The SMILES string of the molecule is CCOc1ccc(NC(=O)/C=C/C(=O)O)cc1Cl. The summed E-state index contributed by atoms with van der Waals surface area (Å²) in [5.74, 6) is -1.20.